The minimum Gasteiger partial charge on any atom is -0.495 e. The van der Waals surface area contributed by atoms with Crippen molar-refractivity contribution in [3.63, 3.8) is 0 Å². The van der Waals surface area contributed by atoms with Gasteiger partial charge in [0.2, 0.25) is 5.91 Å². The maximum absolute atomic E-state index is 12.0. The highest BCUT2D eigenvalue weighted by Crippen LogP contribution is 2.26. The summed E-state index contributed by atoms with van der Waals surface area (Å²) in [6.07, 6.45) is 0.436. The molecule has 4 heteroatoms. The lowest BCUT2D eigenvalue weighted by atomic mass is 9.92. The lowest BCUT2D eigenvalue weighted by molar-refractivity contribution is -0.117. The number of amides is 1. The molecule has 106 valence electrons. The first-order valence-corrected chi connectivity index (χ1v) is 6.62. The normalized spacial score (nSPS) is 12.3. The molecule has 0 heterocycles. The molecule has 1 unspecified atom stereocenters. The van der Waals surface area contributed by atoms with Gasteiger partial charge in [-0.2, -0.15) is 0 Å². The van der Waals surface area contributed by atoms with Gasteiger partial charge in [-0.25, -0.2) is 0 Å². The molecule has 0 fully saturated rings. The van der Waals surface area contributed by atoms with Gasteiger partial charge in [0.1, 0.15) is 5.75 Å². The van der Waals surface area contributed by atoms with Crippen LogP contribution in [0.3, 0.4) is 0 Å². The summed E-state index contributed by atoms with van der Waals surface area (Å²) in [7, 11) is 1.59. The van der Waals surface area contributed by atoms with Crippen molar-refractivity contribution in [3.05, 3.63) is 23.8 Å². The molecule has 0 aliphatic rings. The smallest absolute Gasteiger partial charge is 0.224 e. The van der Waals surface area contributed by atoms with E-state index in [2.05, 4.69) is 19.2 Å². The quantitative estimate of drug-likeness (QED) is 0.830. The van der Waals surface area contributed by atoms with Crippen LogP contribution >= 0.6 is 0 Å². The summed E-state index contributed by atoms with van der Waals surface area (Å²) in [5.74, 6) is 1.26. The predicted molar refractivity (Wildman–Crippen MR) is 78.4 cm³/mol. The second-order valence-electron chi connectivity index (χ2n) is 5.20. The minimum absolute atomic E-state index is 0.0203. The number of anilines is 1. The number of methoxy groups -OCH3 is 1. The Kier molecular flexibility index (Phi) is 5.83. The topological polar surface area (TPSA) is 64.3 Å². The lowest BCUT2D eigenvalue weighted by Gasteiger charge is -2.18. The van der Waals surface area contributed by atoms with Crippen molar-refractivity contribution in [2.45, 2.75) is 27.2 Å². The van der Waals surface area contributed by atoms with E-state index in [1.54, 1.807) is 7.11 Å². The molecule has 1 aromatic rings. The molecule has 3 N–H and O–H groups in total. The second kappa shape index (κ2) is 7.14. The third kappa shape index (κ3) is 4.56. The van der Waals surface area contributed by atoms with E-state index in [1.165, 1.54) is 0 Å². The predicted octanol–water partition coefficient (Wildman–Crippen LogP) is 2.56. The molecule has 19 heavy (non-hydrogen) atoms. The van der Waals surface area contributed by atoms with E-state index in [0.717, 1.165) is 5.56 Å². The standard InChI is InChI=1S/C15H24N2O2/c1-10(2)12(9-16)8-15(18)17-13-7-11(3)5-6-14(13)19-4/h5-7,10,12H,8-9,16H2,1-4H3,(H,17,18). The Hall–Kier alpha value is -1.55. The first-order chi connectivity index (χ1) is 8.97. The van der Waals surface area contributed by atoms with E-state index < -0.39 is 0 Å². The molecule has 0 spiro atoms. The van der Waals surface area contributed by atoms with Gasteiger partial charge < -0.3 is 15.8 Å². The molecule has 0 radical (unpaired) electrons. The van der Waals surface area contributed by atoms with Crippen molar-refractivity contribution in [1.29, 1.82) is 0 Å². The highest BCUT2D eigenvalue weighted by Gasteiger charge is 2.17. The molecule has 0 aliphatic heterocycles. The van der Waals surface area contributed by atoms with Gasteiger partial charge in [0.15, 0.2) is 0 Å². The second-order valence-corrected chi connectivity index (χ2v) is 5.20. The molecular weight excluding hydrogens is 240 g/mol. The third-order valence-electron chi connectivity index (χ3n) is 3.32. The number of aryl methyl sites for hydroxylation is 1. The summed E-state index contributed by atoms with van der Waals surface area (Å²) in [6, 6.07) is 5.71. The van der Waals surface area contributed by atoms with Gasteiger partial charge in [0.05, 0.1) is 12.8 Å². The highest BCUT2D eigenvalue weighted by atomic mass is 16.5. The Morgan fingerprint density at radius 2 is 2.11 bits per heavy atom. The summed E-state index contributed by atoms with van der Waals surface area (Å²) in [5.41, 5.74) is 7.48. The number of nitrogens with one attached hydrogen (secondary N) is 1. The number of hydrogen-bond donors (Lipinski definition) is 2. The Morgan fingerprint density at radius 1 is 1.42 bits per heavy atom. The van der Waals surface area contributed by atoms with Crippen LogP contribution in [-0.2, 0) is 4.79 Å². The van der Waals surface area contributed by atoms with Crippen molar-refractivity contribution >= 4 is 11.6 Å². The van der Waals surface area contributed by atoms with Gasteiger partial charge in [-0.3, -0.25) is 4.79 Å². The van der Waals surface area contributed by atoms with Crippen LogP contribution in [0.15, 0.2) is 18.2 Å². The van der Waals surface area contributed by atoms with Crippen LogP contribution in [0.4, 0.5) is 5.69 Å². The number of hydrogen-bond acceptors (Lipinski definition) is 3. The van der Waals surface area contributed by atoms with Gasteiger partial charge in [-0.15, -0.1) is 0 Å². The van der Waals surface area contributed by atoms with E-state index in [4.69, 9.17) is 10.5 Å². The molecule has 1 atom stereocenters. The fourth-order valence-electron chi connectivity index (χ4n) is 1.95. The van der Waals surface area contributed by atoms with Crippen LogP contribution in [0.5, 0.6) is 5.75 Å². The molecule has 1 amide bonds. The van der Waals surface area contributed by atoms with Crippen LogP contribution in [0.1, 0.15) is 25.8 Å². The average molecular weight is 264 g/mol. The van der Waals surface area contributed by atoms with Crippen molar-refractivity contribution in [1.82, 2.24) is 0 Å². The number of carbonyl (C=O) groups excluding carboxylic acids is 1. The van der Waals surface area contributed by atoms with E-state index >= 15 is 0 Å². The molecule has 0 bridgehead atoms. The molecule has 1 rings (SSSR count). The van der Waals surface area contributed by atoms with Crippen LogP contribution < -0.4 is 15.8 Å². The summed E-state index contributed by atoms with van der Waals surface area (Å²) in [4.78, 5) is 12.0. The van der Waals surface area contributed by atoms with E-state index in [9.17, 15) is 4.79 Å². The van der Waals surface area contributed by atoms with Crippen LogP contribution in [0.2, 0.25) is 0 Å². The number of ether oxygens (including phenoxy) is 1. The fraction of sp³-hybridized carbons (Fsp3) is 0.533. The zero-order valence-corrected chi connectivity index (χ0v) is 12.2. The first-order valence-electron chi connectivity index (χ1n) is 6.62. The summed E-state index contributed by atoms with van der Waals surface area (Å²) in [6.45, 7) is 6.66. The summed E-state index contributed by atoms with van der Waals surface area (Å²) < 4.78 is 5.24. The molecule has 0 saturated carbocycles. The SMILES string of the molecule is COc1ccc(C)cc1NC(=O)CC(CN)C(C)C. The maximum atomic E-state index is 12.0. The number of benzene rings is 1. The summed E-state index contributed by atoms with van der Waals surface area (Å²) >= 11 is 0. The monoisotopic (exact) mass is 264 g/mol. The van der Waals surface area contributed by atoms with E-state index in [1.807, 2.05) is 25.1 Å². The first kappa shape index (κ1) is 15.5. The highest BCUT2D eigenvalue weighted by molar-refractivity contribution is 5.92. The van der Waals surface area contributed by atoms with Gasteiger partial charge in [-0.1, -0.05) is 19.9 Å². The van der Waals surface area contributed by atoms with Crippen LogP contribution in [-0.4, -0.2) is 19.6 Å². The van der Waals surface area contributed by atoms with E-state index in [-0.39, 0.29) is 11.8 Å². The van der Waals surface area contributed by atoms with Crippen LogP contribution in [0, 0.1) is 18.8 Å². The lowest BCUT2D eigenvalue weighted by Crippen LogP contribution is -2.26. The Balaban J connectivity index is 2.73. The Labute approximate surface area is 115 Å². The minimum atomic E-state index is -0.0203. The fourth-order valence-corrected chi connectivity index (χ4v) is 1.95. The number of rotatable bonds is 6. The van der Waals surface area contributed by atoms with Gasteiger partial charge >= 0.3 is 0 Å². The molecule has 1 aromatic carbocycles. The van der Waals surface area contributed by atoms with Crippen molar-refractivity contribution in [3.8, 4) is 5.75 Å². The van der Waals surface area contributed by atoms with Crippen molar-refractivity contribution in [2.75, 3.05) is 19.0 Å². The van der Waals surface area contributed by atoms with Gasteiger partial charge in [0, 0.05) is 6.42 Å². The number of nitrogens with two attached hydrogens (primary N) is 1. The molecular formula is C15H24N2O2. The van der Waals surface area contributed by atoms with Crippen molar-refractivity contribution in [2.24, 2.45) is 17.6 Å². The summed E-state index contributed by atoms with van der Waals surface area (Å²) in [5, 5.41) is 2.90. The molecule has 0 aliphatic carbocycles. The average Bonchev–Trinajstić information content (AvgIpc) is 2.35. The Morgan fingerprint density at radius 3 is 2.63 bits per heavy atom. The zero-order valence-electron chi connectivity index (χ0n) is 12.2. The third-order valence-corrected chi connectivity index (χ3v) is 3.32. The Bertz CT molecular complexity index is 430. The van der Waals surface area contributed by atoms with Gasteiger partial charge in [-0.05, 0) is 43.0 Å². The largest absolute Gasteiger partial charge is 0.495 e. The maximum Gasteiger partial charge on any atom is 0.224 e. The molecule has 0 aromatic heterocycles. The zero-order chi connectivity index (χ0) is 14.4. The van der Waals surface area contributed by atoms with Crippen molar-refractivity contribution < 1.29 is 9.53 Å². The van der Waals surface area contributed by atoms with Gasteiger partial charge in [0.25, 0.3) is 0 Å². The van der Waals surface area contributed by atoms with Crippen LogP contribution in [0.25, 0.3) is 0 Å². The number of carbonyl (C=O) groups is 1. The molecule has 0 saturated heterocycles. The van der Waals surface area contributed by atoms with E-state index in [0.29, 0.717) is 30.3 Å². The molecule has 4 nitrogen and oxygen atoms in total.